The number of fused-ring (bicyclic) bond motifs is 5. The largest absolute Gasteiger partial charge is 0.300 e. The van der Waals surface area contributed by atoms with Crippen LogP contribution in [0.4, 0.5) is 5.13 Å². The minimum atomic E-state index is -0.846. The number of hydrogen-bond donors (Lipinski definition) is 1. The number of nitrogens with one attached hydrogen (secondary N) is 1. The van der Waals surface area contributed by atoms with Crippen molar-refractivity contribution in [3.05, 3.63) is 59.1 Å². The highest BCUT2D eigenvalue weighted by molar-refractivity contribution is 7.15. The van der Waals surface area contributed by atoms with Crippen molar-refractivity contribution in [1.29, 1.82) is 0 Å². The van der Waals surface area contributed by atoms with Crippen LogP contribution in [-0.4, -0.2) is 33.6 Å². The van der Waals surface area contributed by atoms with Gasteiger partial charge >= 0.3 is 0 Å². The molecule has 5 rings (SSSR count). The van der Waals surface area contributed by atoms with Gasteiger partial charge in [0.05, 0.1) is 11.8 Å². The zero-order chi connectivity index (χ0) is 20.1. The van der Waals surface area contributed by atoms with Crippen LogP contribution in [0.3, 0.4) is 0 Å². The van der Waals surface area contributed by atoms with Crippen LogP contribution in [-0.2, 0) is 20.8 Å². The number of carbonyl (C=O) groups excluding carboxylic acids is 3. The first-order valence-corrected chi connectivity index (χ1v) is 10.7. The van der Waals surface area contributed by atoms with Gasteiger partial charge in [-0.25, -0.2) is 4.98 Å². The van der Waals surface area contributed by atoms with Crippen molar-refractivity contribution in [3.8, 4) is 0 Å². The molecule has 5 atom stereocenters. The molecule has 1 saturated heterocycles. The number of carbonyl (C=O) groups is 3. The summed E-state index contributed by atoms with van der Waals surface area (Å²) in [5.74, 6) is -1.09. The molecule has 0 spiro atoms. The maximum Gasteiger partial charge on any atom is 0.249 e. The number of anilines is 1. The van der Waals surface area contributed by atoms with Gasteiger partial charge in [-0.15, -0.1) is 11.3 Å². The second kappa shape index (κ2) is 6.91. The van der Waals surface area contributed by atoms with Gasteiger partial charge in [0.2, 0.25) is 17.7 Å². The summed E-state index contributed by atoms with van der Waals surface area (Å²) in [6.45, 7) is 1.61. The Kier molecular flexibility index (Phi) is 4.35. The molecule has 1 aromatic carbocycles. The fraction of sp³-hybridized carbons (Fsp3) is 0.364. The molecule has 1 aromatic heterocycles. The van der Waals surface area contributed by atoms with E-state index in [1.54, 1.807) is 13.1 Å². The molecule has 7 heteroatoms. The van der Waals surface area contributed by atoms with Crippen LogP contribution in [0.2, 0.25) is 0 Å². The van der Waals surface area contributed by atoms with Gasteiger partial charge in [-0.3, -0.25) is 19.3 Å². The van der Waals surface area contributed by atoms with E-state index in [4.69, 9.17) is 0 Å². The average molecular weight is 407 g/mol. The molecule has 2 aromatic rings. The number of aromatic nitrogens is 1. The normalized spacial score (nSPS) is 28.1. The van der Waals surface area contributed by atoms with E-state index in [1.165, 1.54) is 21.8 Å². The van der Waals surface area contributed by atoms with E-state index in [-0.39, 0.29) is 41.4 Å². The number of thiazole rings is 1. The lowest BCUT2D eigenvalue weighted by molar-refractivity contribution is -0.146. The predicted octanol–water partition coefficient (Wildman–Crippen LogP) is 2.87. The van der Waals surface area contributed by atoms with Crippen LogP contribution < -0.4 is 5.32 Å². The summed E-state index contributed by atoms with van der Waals surface area (Å²) in [5.41, 5.74) is 1.17. The monoisotopic (exact) mass is 407 g/mol. The highest BCUT2D eigenvalue weighted by atomic mass is 32.1. The van der Waals surface area contributed by atoms with E-state index in [0.29, 0.717) is 5.13 Å². The first kappa shape index (κ1) is 18.2. The first-order chi connectivity index (χ1) is 14.0. The minimum absolute atomic E-state index is 0.140. The lowest BCUT2D eigenvalue weighted by Crippen LogP contribution is -2.46. The lowest BCUT2D eigenvalue weighted by atomic mass is 9.85. The van der Waals surface area contributed by atoms with E-state index in [2.05, 4.69) is 22.5 Å². The van der Waals surface area contributed by atoms with Crippen molar-refractivity contribution in [1.82, 2.24) is 9.88 Å². The summed E-state index contributed by atoms with van der Waals surface area (Å²) in [7, 11) is 0. The van der Waals surface area contributed by atoms with Crippen molar-refractivity contribution in [2.75, 3.05) is 5.32 Å². The zero-order valence-corrected chi connectivity index (χ0v) is 16.8. The molecule has 3 aliphatic rings. The van der Waals surface area contributed by atoms with Crippen LogP contribution in [0.25, 0.3) is 0 Å². The third-order valence-electron chi connectivity index (χ3n) is 6.28. The summed E-state index contributed by atoms with van der Waals surface area (Å²) in [4.78, 5) is 45.0. The van der Waals surface area contributed by atoms with E-state index in [0.717, 1.165) is 17.7 Å². The minimum Gasteiger partial charge on any atom is -0.300 e. The second-order valence-electron chi connectivity index (χ2n) is 8.01. The number of nitrogens with zero attached hydrogens (tertiary/aromatic N) is 2. The molecular formula is C22H21N3O3S. The molecule has 1 saturated carbocycles. The Balaban J connectivity index is 1.26. The molecule has 0 radical (unpaired) electrons. The van der Waals surface area contributed by atoms with Gasteiger partial charge in [0, 0.05) is 17.5 Å². The fourth-order valence-electron chi connectivity index (χ4n) is 4.88. The highest BCUT2D eigenvalue weighted by Crippen LogP contribution is 2.52. The number of imide groups is 1. The summed E-state index contributed by atoms with van der Waals surface area (Å²) < 4.78 is 0. The van der Waals surface area contributed by atoms with E-state index in [1.807, 2.05) is 30.3 Å². The molecule has 3 amide bonds. The van der Waals surface area contributed by atoms with Gasteiger partial charge in [0.25, 0.3) is 0 Å². The molecule has 1 N–H and O–H groups in total. The molecule has 2 aliphatic carbocycles. The van der Waals surface area contributed by atoms with Crippen molar-refractivity contribution < 1.29 is 14.4 Å². The first-order valence-electron chi connectivity index (χ1n) is 9.87. The Labute approximate surface area is 172 Å². The molecule has 1 aliphatic heterocycles. The number of likely N-dealkylation sites (tertiary alicyclic amines) is 1. The number of hydrogen-bond acceptors (Lipinski definition) is 5. The molecule has 2 fully saturated rings. The Hall–Kier alpha value is -2.80. The topological polar surface area (TPSA) is 79.4 Å². The second-order valence-corrected chi connectivity index (χ2v) is 9.12. The zero-order valence-electron chi connectivity index (χ0n) is 15.9. The Morgan fingerprint density at radius 1 is 1.17 bits per heavy atom. The third-order valence-corrected chi connectivity index (χ3v) is 7.19. The van der Waals surface area contributed by atoms with Crippen LogP contribution in [0.1, 0.15) is 23.8 Å². The van der Waals surface area contributed by atoms with Crippen LogP contribution in [0, 0.1) is 23.7 Å². The van der Waals surface area contributed by atoms with Crippen molar-refractivity contribution in [3.63, 3.8) is 0 Å². The lowest BCUT2D eigenvalue weighted by Gasteiger charge is -2.23. The maximum absolute atomic E-state index is 12.9. The van der Waals surface area contributed by atoms with Crippen molar-refractivity contribution in [2.45, 2.75) is 25.8 Å². The SMILES string of the molecule is C[C@H](C(=O)Nc1ncc(Cc2ccccc2)s1)N1C(=O)[C@H]2[C@H](C1=O)[C@H]1C=C[C@H]2C1. The Bertz CT molecular complexity index is 985. The van der Waals surface area contributed by atoms with Gasteiger partial charge in [0.15, 0.2) is 5.13 Å². The smallest absolute Gasteiger partial charge is 0.249 e. The fourth-order valence-corrected chi connectivity index (χ4v) is 5.73. The molecule has 29 heavy (non-hydrogen) atoms. The molecule has 2 bridgehead atoms. The van der Waals surface area contributed by atoms with Gasteiger partial charge in [-0.2, -0.15) is 0 Å². The van der Waals surface area contributed by atoms with Gasteiger partial charge in [0.1, 0.15) is 6.04 Å². The Morgan fingerprint density at radius 2 is 1.83 bits per heavy atom. The van der Waals surface area contributed by atoms with Crippen LogP contribution in [0.15, 0.2) is 48.7 Å². The predicted molar refractivity (Wildman–Crippen MR) is 109 cm³/mol. The molecular weight excluding hydrogens is 386 g/mol. The Morgan fingerprint density at radius 3 is 2.48 bits per heavy atom. The standard InChI is InChI=1S/C22H21N3O3S/c1-12(25-20(27)17-14-7-8-15(10-14)18(17)21(25)28)19(26)24-22-23-11-16(29-22)9-13-5-3-2-4-6-13/h2-8,11-12,14-15,17-18H,9-10H2,1H3,(H,23,24,26)/t12-,14+,15+,17-,18-/m1/s1. The highest BCUT2D eigenvalue weighted by Gasteiger charge is 2.60. The molecule has 148 valence electrons. The quantitative estimate of drug-likeness (QED) is 0.611. The van der Waals surface area contributed by atoms with Crippen molar-refractivity contribution >= 4 is 34.2 Å². The van der Waals surface area contributed by atoms with Crippen LogP contribution in [0.5, 0.6) is 0 Å². The molecule has 6 nitrogen and oxygen atoms in total. The van der Waals surface area contributed by atoms with Crippen molar-refractivity contribution in [2.24, 2.45) is 23.7 Å². The summed E-state index contributed by atoms with van der Waals surface area (Å²) in [6, 6.07) is 9.19. The van der Waals surface area contributed by atoms with E-state index in [9.17, 15) is 14.4 Å². The molecule has 2 heterocycles. The van der Waals surface area contributed by atoms with Crippen LogP contribution >= 0.6 is 11.3 Å². The number of allylic oxidation sites excluding steroid dienone is 2. The van der Waals surface area contributed by atoms with Gasteiger partial charge in [-0.1, -0.05) is 42.5 Å². The average Bonchev–Trinajstić information content (AvgIpc) is 3.48. The van der Waals surface area contributed by atoms with E-state index >= 15 is 0 Å². The number of benzene rings is 1. The molecule has 0 unspecified atom stereocenters. The van der Waals surface area contributed by atoms with Gasteiger partial charge < -0.3 is 5.32 Å². The summed E-state index contributed by atoms with van der Waals surface area (Å²) in [5, 5.41) is 3.26. The third kappa shape index (κ3) is 3.00. The summed E-state index contributed by atoms with van der Waals surface area (Å²) in [6.07, 6.45) is 7.47. The summed E-state index contributed by atoms with van der Waals surface area (Å²) >= 11 is 1.40. The van der Waals surface area contributed by atoms with Gasteiger partial charge in [-0.05, 0) is 30.7 Å². The van der Waals surface area contributed by atoms with E-state index < -0.39 is 6.04 Å². The number of amides is 3. The maximum atomic E-state index is 12.9. The number of rotatable bonds is 5.